The average molecular weight is 194 g/mol. The smallest absolute Gasteiger partial charge is 0.111 e. The zero-order valence-electron chi connectivity index (χ0n) is 6.95. The van der Waals surface area contributed by atoms with Gasteiger partial charge in [0.05, 0.1) is 13.2 Å². The van der Waals surface area contributed by atoms with Crippen LogP contribution in [0.25, 0.3) is 0 Å². The van der Waals surface area contributed by atoms with Crippen LogP contribution in [0.2, 0.25) is 0 Å². The first-order chi connectivity index (χ1) is 6.11. The minimum absolute atomic E-state index is 0.471. The van der Waals surface area contributed by atoms with Gasteiger partial charge in [-0.1, -0.05) is 0 Å². The molecule has 5 N–H and O–H groups in total. The fourth-order valence-electron chi connectivity index (χ4n) is 1.33. The summed E-state index contributed by atoms with van der Waals surface area (Å²) in [5, 5.41) is 45.2. The van der Waals surface area contributed by atoms with Crippen LogP contribution in [0.15, 0.2) is 0 Å². The third kappa shape index (κ3) is 1.98. The van der Waals surface area contributed by atoms with Gasteiger partial charge in [0.2, 0.25) is 0 Å². The summed E-state index contributed by atoms with van der Waals surface area (Å²) in [6.07, 6.45) is -5.99. The standard InChI is InChI=1S/C7H14O6/c8-1-3-5(10)7(12)6(11)4(2-9)13-3/h3-12H,1-2H2/t3-,4?,5-,6-,7?/m1/s1. The summed E-state index contributed by atoms with van der Waals surface area (Å²) in [4.78, 5) is 0. The van der Waals surface area contributed by atoms with Crippen molar-refractivity contribution in [2.75, 3.05) is 13.2 Å². The summed E-state index contributed by atoms with van der Waals surface area (Å²) in [6.45, 7) is -0.942. The van der Waals surface area contributed by atoms with E-state index in [2.05, 4.69) is 0 Å². The average Bonchev–Trinajstić information content (AvgIpc) is 2.15. The monoisotopic (exact) mass is 194 g/mol. The van der Waals surface area contributed by atoms with Crippen molar-refractivity contribution in [2.45, 2.75) is 30.5 Å². The van der Waals surface area contributed by atoms with Gasteiger partial charge in [-0.3, -0.25) is 0 Å². The molecule has 1 heterocycles. The lowest BCUT2D eigenvalue weighted by molar-refractivity contribution is -0.235. The van der Waals surface area contributed by atoms with Gasteiger partial charge in [-0.2, -0.15) is 0 Å². The minimum Gasteiger partial charge on any atom is -0.394 e. The second kappa shape index (κ2) is 4.32. The molecule has 0 radical (unpaired) electrons. The first kappa shape index (κ1) is 10.8. The molecule has 13 heavy (non-hydrogen) atoms. The van der Waals surface area contributed by atoms with E-state index in [0.717, 1.165) is 0 Å². The Morgan fingerprint density at radius 3 is 1.46 bits per heavy atom. The van der Waals surface area contributed by atoms with Gasteiger partial charge in [-0.05, 0) is 0 Å². The predicted molar refractivity (Wildman–Crippen MR) is 40.9 cm³/mol. The highest BCUT2D eigenvalue weighted by Crippen LogP contribution is 2.20. The van der Waals surface area contributed by atoms with Crippen LogP contribution in [-0.4, -0.2) is 69.3 Å². The van der Waals surface area contributed by atoms with Crippen molar-refractivity contribution in [1.29, 1.82) is 0 Å². The third-order valence-electron chi connectivity index (χ3n) is 2.17. The summed E-state index contributed by atoms with van der Waals surface area (Å²) in [5.41, 5.74) is 0. The molecular weight excluding hydrogens is 180 g/mol. The topological polar surface area (TPSA) is 110 Å². The molecule has 5 atom stereocenters. The van der Waals surface area contributed by atoms with Crippen LogP contribution >= 0.6 is 0 Å². The van der Waals surface area contributed by atoms with Crippen molar-refractivity contribution in [3.63, 3.8) is 0 Å². The van der Waals surface area contributed by atoms with Gasteiger partial charge < -0.3 is 30.3 Å². The number of ether oxygens (including phenoxy) is 1. The first-order valence-electron chi connectivity index (χ1n) is 4.03. The predicted octanol–water partition coefficient (Wildman–Crippen LogP) is -3.18. The molecular formula is C7H14O6. The van der Waals surface area contributed by atoms with Crippen molar-refractivity contribution in [2.24, 2.45) is 0 Å². The Balaban J connectivity index is 2.66. The fourth-order valence-corrected chi connectivity index (χ4v) is 1.33. The Hall–Kier alpha value is -0.240. The Bertz CT molecular complexity index is 143. The fraction of sp³-hybridized carbons (Fsp3) is 1.00. The van der Waals surface area contributed by atoms with Gasteiger partial charge in [-0.15, -0.1) is 0 Å². The van der Waals surface area contributed by atoms with Crippen molar-refractivity contribution in [3.8, 4) is 0 Å². The molecule has 0 spiro atoms. The second-order valence-corrected chi connectivity index (χ2v) is 3.05. The maximum absolute atomic E-state index is 9.25. The summed E-state index contributed by atoms with van der Waals surface area (Å²) < 4.78 is 4.92. The lowest BCUT2D eigenvalue weighted by atomic mass is 9.95. The highest BCUT2D eigenvalue weighted by molar-refractivity contribution is 4.91. The molecule has 2 unspecified atom stereocenters. The van der Waals surface area contributed by atoms with Gasteiger partial charge in [-0.25, -0.2) is 0 Å². The van der Waals surface area contributed by atoms with Crippen LogP contribution in [0.3, 0.4) is 0 Å². The van der Waals surface area contributed by atoms with Crippen LogP contribution in [0, 0.1) is 0 Å². The van der Waals surface area contributed by atoms with Gasteiger partial charge in [0.25, 0.3) is 0 Å². The third-order valence-corrected chi connectivity index (χ3v) is 2.17. The van der Waals surface area contributed by atoms with Gasteiger partial charge in [0.15, 0.2) is 0 Å². The zero-order valence-corrected chi connectivity index (χ0v) is 6.95. The summed E-state index contributed by atoms with van der Waals surface area (Å²) in [6, 6.07) is 0. The van der Waals surface area contributed by atoms with Crippen LogP contribution in [0.5, 0.6) is 0 Å². The molecule has 6 nitrogen and oxygen atoms in total. The summed E-state index contributed by atoms with van der Waals surface area (Å²) in [7, 11) is 0. The molecule has 0 aromatic heterocycles. The molecule has 1 aliphatic heterocycles. The lowest BCUT2D eigenvalue weighted by Crippen LogP contribution is -2.59. The number of hydrogen-bond donors (Lipinski definition) is 5. The Kier molecular flexibility index (Phi) is 3.60. The lowest BCUT2D eigenvalue weighted by Gasteiger charge is -2.39. The number of rotatable bonds is 2. The quantitative estimate of drug-likeness (QED) is 0.317. The van der Waals surface area contributed by atoms with Crippen LogP contribution in [-0.2, 0) is 4.74 Å². The van der Waals surface area contributed by atoms with E-state index in [1.54, 1.807) is 0 Å². The molecule has 0 saturated carbocycles. The SMILES string of the molecule is OCC1O[C@H](CO)[C@@H](O)C(O)[C@@H]1O. The zero-order chi connectivity index (χ0) is 10.0. The van der Waals surface area contributed by atoms with Crippen LogP contribution < -0.4 is 0 Å². The Morgan fingerprint density at radius 1 is 0.769 bits per heavy atom. The van der Waals surface area contributed by atoms with E-state index in [1.807, 2.05) is 0 Å². The molecule has 1 saturated heterocycles. The van der Waals surface area contributed by atoms with E-state index in [-0.39, 0.29) is 0 Å². The normalized spacial score (nSPS) is 46.4. The first-order valence-corrected chi connectivity index (χ1v) is 4.03. The molecule has 0 amide bonds. The number of hydrogen-bond acceptors (Lipinski definition) is 6. The Morgan fingerprint density at radius 2 is 1.15 bits per heavy atom. The van der Waals surface area contributed by atoms with Gasteiger partial charge >= 0.3 is 0 Å². The number of aliphatic hydroxyl groups excluding tert-OH is 5. The highest BCUT2D eigenvalue weighted by atomic mass is 16.6. The van der Waals surface area contributed by atoms with Crippen molar-refractivity contribution in [3.05, 3.63) is 0 Å². The molecule has 1 fully saturated rings. The molecule has 1 aliphatic rings. The maximum atomic E-state index is 9.25. The Labute approximate surface area is 75.0 Å². The van der Waals surface area contributed by atoms with Gasteiger partial charge in [0.1, 0.15) is 30.5 Å². The van der Waals surface area contributed by atoms with Crippen molar-refractivity contribution < 1.29 is 30.3 Å². The van der Waals surface area contributed by atoms with E-state index in [4.69, 9.17) is 14.9 Å². The van der Waals surface area contributed by atoms with Crippen molar-refractivity contribution in [1.82, 2.24) is 0 Å². The molecule has 78 valence electrons. The second-order valence-electron chi connectivity index (χ2n) is 3.05. The molecule has 1 rings (SSSR count). The van der Waals surface area contributed by atoms with E-state index in [1.165, 1.54) is 0 Å². The molecule has 0 aromatic rings. The molecule has 6 heteroatoms. The van der Waals surface area contributed by atoms with Crippen LogP contribution in [0.1, 0.15) is 0 Å². The maximum Gasteiger partial charge on any atom is 0.111 e. The number of aliphatic hydroxyl groups is 5. The molecule has 0 bridgehead atoms. The summed E-state index contributed by atoms with van der Waals surface area (Å²) in [5.74, 6) is 0. The highest BCUT2D eigenvalue weighted by Gasteiger charge is 2.42. The minimum atomic E-state index is -1.40. The van der Waals surface area contributed by atoms with E-state index in [9.17, 15) is 15.3 Å². The van der Waals surface area contributed by atoms with Crippen LogP contribution in [0.4, 0.5) is 0 Å². The molecule has 0 aromatic carbocycles. The largest absolute Gasteiger partial charge is 0.394 e. The van der Waals surface area contributed by atoms with E-state index >= 15 is 0 Å². The summed E-state index contributed by atoms with van der Waals surface area (Å²) >= 11 is 0. The van der Waals surface area contributed by atoms with E-state index < -0.39 is 43.7 Å². The van der Waals surface area contributed by atoms with Crippen molar-refractivity contribution >= 4 is 0 Å². The molecule has 0 aliphatic carbocycles. The van der Waals surface area contributed by atoms with E-state index in [0.29, 0.717) is 0 Å². The van der Waals surface area contributed by atoms with Gasteiger partial charge in [0, 0.05) is 0 Å².